The first-order valence-corrected chi connectivity index (χ1v) is 7.90. The van der Waals surface area contributed by atoms with Crippen LogP contribution in [0.3, 0.4) is 0 Å². The van der Waals surface area contributed by atoms with E-state index in [-0.39, 0.29) is 0 Å². The summed E-state index contributed by atoms with van der Waals surface area (Å²) in [5, 5.41) is 4.55. The number of carbonyl (C=O) groups is 1. The molecule has 6 heteroatoms. The van der Waals surface area contributed by atoms with Gasteiger partial charge in [0.25, 0.3) is 0 Å². The summed E-state index contributed by atoms with van der Waals surface area (Å²) in [6, 6.07) is 11.4. The third-order valence-corrected chi connectivity index (χ3v) is 3.13. The van der Waals surface area contributed by atoms with Crippen LogP contribution in [0.4, 0.5) is 0 Å². The Labute approximate surface area is 142 Å². The SMILES string of the molecule is CCOC(=O)/C(=C/N(C)C)c1cc(OCC)n(-c2ccccc2)n1. The highest BCUT2D eigenvalue weighted by Gasteiger charge is 2.20. The van der Waals surface area contributed by atoms with Crippen LogP contribution in [0.15, 0.2) is 42.6 Å². The van der Waals surface area contributed by atoms with Crippen molar-refractivity contribution >= 4 is 11.5 Å². The molecule has 2 aromatic rings. The third kappa shape index (κ3) is 4.16. The van der Waals surface area contributed by atoms with Gasteiger partial charge in [0.2, 0.25) is 5.88 Å². The number of nitrogens with zero attached hydrogens (tertiary/aromatic N) is 3. The Kier molecular flexibility index (Phi) is 6.01. The van der Waals surface area contributed by atoms with E-state index >= 15 is 0 Å². The van der Waals surface area contributed by atoms with Crippen LogP contribution in [-0.2, 0) is 9.53 Å². The minimum atomic E-state index is -0.410. The smallest absolute Gasteiger partial charge is 0.341 e. The van der Waals surface area contributed by atoms with E-state index in [1.54, 1.807) is 28.8 Å². The maximum atomic E-state index is 12.3. The monoisotopic (exact) mass is 329 g/mol. The predicted octanol–water partition coefficient (Wildman–Crippen LogP) is 2.74. The van der Waals surface area contributed by atoms with Crippen LogP contribution in [0, 0.1) is 0 Å². The molecule has 0 unspecified atom stereocenters. The summed E-state index contributed by atoms with van der Waals surface area (Å²) in [5.41, 5.74) is 1.76. The minimum Gasteiger partial charge on any atom is -0.478 e. The summed E-state index contributed by atoms with van der Waals surface area (Å²) in [7, 11) is 3.69. The summed E-state index contributed by atoms with van der Waals surface area (Å²) in [6.45, 7) is 4.49. The van der Waals surface area contributed by atoms with E-state index in [0.717, 1.165) is 5.69 Å². The number of para-hydroxylation sites is 1. The van der Waals surface area contributed by atoms with E-state index in [2.05, 4.69) is 5.10 Å². The number of hydrogen-bond acceptors (Lipinski definition) is 5. The molecule has 0 radical (unpaired) electrons. The summed E-state index contributed by atoms with van der Waals surface area (Å²) < 4.78 is 12.5. The summed E-state index contributed by atoms with van der Waals surface area (Å²) in [5.74, 6) is 0.166. The molecule has 0 N–H and O–H groups in total. The van der Waals surface area contributed by atoms with Crippen LogP contribution in [0.1, 0.15) is 19.5 Å². The van der Waals surface area contributed by atoms with E-state index in [9.17, 15) is 4.79 Å². The molecule has 128 valence electrons. The number of carbonyl (C=O) groups excluding carboxylic acids is 1. The van der Waals surface area contributed by atoms with Crippen molar-refractivity contribution in [3.63, 3.8) is 0 Å². The third-order valence-electron chi connectivity index (χ3n) is 3.13. The van der Waals surface area contributed by atoms with E-state index in [1.165, 1.54) is 0 Å². The highest BCUT2D eigenvalue weighted by Crippen LogP contribution is 2.24. The first-order chi connectivity index (χ1) is 11.6. The number of esters is 1. The van der Waals surface area contributed by atoms with Crippen molar-refractivity contribution < 1.29 is 14.3 Å². The summed E-state index contributed by atoms with van der Waals surface area (Å²) in [6.07, 6.45) is 1.70. The van der Waals surface area contributed by atoms with Crippen molar-refractivity contribution in [2.45, 2.75) is 13.8 Å². The van der Waals surface area contributed by atoms with Gasteiger partial charge in [-0.15, -0.1) is 0 Å². The molecule has 1 heterocycles. The Morgan fingerprint density at radius 2 is 1.92 bits per heavy atom. The number of rotatable bonds is 7. The Hall–Kier alpha value is -2.76. The van der Waals surface area contributed by atoms with Crippen molar-refractivity contribution in [1.82, 2.24) is 14.7 Å². The molecule has 1 aromatic heterocycles. The average molecular weight is 329 g/mol. The van der Waals surface area contributed by atoms with Crippen molar-refractivity contribution in [2.75, 3.05) is 27.3 Å². The molecule has 0 fully saturated rings. The van der Waals surface area contributed by atoms with Crippen molar-refractivity contribution in [3.8, 4) is 11.6 Å². The topological polar surface area (TPSA) is 56.6 Å². The van der Waals surface area contributed by atoms with Crippen molar-refractivity contribution in [3.05, 3.63) is 48.3 Å². The van der Waals surface area contributed by atoms with E-state index in [0.29, 0.717) is 30.4 Å². The Balaban J connectivity index is 2.50. The first-order valence-electron chi connectivity index (χ1n) is 7.90. The lowest BCUT2D eigenvalue weighted by Gasteiger charge is -2.09. The molecule has 0 saturated heterocycles. The largest absolute Gasteiger partial charge is 0.478 e. The van der Waals surface area contributed by atoms with Crippen LogP contribution in [0.25, 0.3) is 11.3 Å². The fourth-order valence-corrected chi connectivity index (χ4v) is 2.19. The standard InChI is InChI=1S/C18H23N3O3/c1-5-23-17-12-16(15(13-20(3)4)18(22)24-6-2)19-21(17)14-10-8-7-9-11-14/h7-13H,5-6H2,1-4H3/b15-13+. The van der Waals surface area contributed by atoms with Gasteiger partial charge < -0.3 is 14.4 Å². The van der Waals surface area contributed by atoms with Gasteiger partial charge in [0.05, 0.1) is 18.9 Å². The normalized spacial score (nSPS) is 11.2. The quantitative estimate of drug-likeness (QED) is 0.577. The minimum absolute atomic E-state index is 0.307. The maximum absolute atomic E-state index is 12.3. The zero-order valence-electron chi connectivity index (χ0n) is 14.5. The molecule has 0 saturated carbocycles. The van der Waals surface area contributed by atoms with Gasteiger partial charge in [-0.05, 0) is 26.0 Å². The molecule has 24 heavy (non-hydrogen) atoms. The number of hydrogen-bond donors (Lipinski definition) is 0. The molecule has 0 aliphatic rings. The van der Waals surface area contributed by atoms with Gasteiger partial charge in [0.1, 0.15) is 11.3 Å². The number of benzene rings is 1. The second-order valence-electron chi connectivity index (χ2n) is 5.28. The van der Waals surface area contributed by atoms with E-state index in [4.69, 9.17) is 9.47 Å². The second kappa shape index (κ2) is 8.19. The van der Waals surface area contributed by atoms with E-state index < -0.39 is 5.97 Å². The lowest BCUT2D eigenvalue weighted by Crippen LogP contribution is -2.12. The van der Waals surface area contributed by atoms with Gasteiger partial charge in [-0.3, -0.25) is 0 Å². The maximum Gasteiger partial charge on any atom is 0.341 e. The van der Waals surface area contributed by atoms with Gasteiger partial charge >= 0.3 is 5.97 Å². The molecule has 0 aliphatic carbocycles. The molecule has 0 bridgehead atoms. The van der Waals surface area contributed by atoms with Gasteiger partial charge in [-0.1, -0.05) is 18.2 Å². The molecule has 0 amide bonds. The fraction of sp³-hybridized carbons (Fsp3) is 0.333. The first kappa shape index (κ1) is 17.6. The highest BCUT2D eigenvalue weighted by molar-refractivity contribution is 6.15. The van der Waals surface area contributed by atoms with Gasteiger partial charge in [-0.25, -0.2) is 9.48 Å². The Morgan fingerprint density at radius 1 is 1.21 bits per heavy atom. The van der Waals surface area contributed by atoms with Gasteiger partial charge in [0.15, 0.2) is 0 Å². The Morgan fingerprint density at radius 3 is 2.50 bits per heavy atom. The van der Waals surface area contributed by atoms with E-state index in [1.807, 2.05) is 51.4 Å². The van der Waals surface area contributed by atoms with Gasteiger partial charge in [-0.2, -0.15) is 5.10 Å². The summed E-state index contributed by atoms with van der Waals surface area (Å²) in [4.78, 5) is 14.1. The highest BCUT2D eigenvalue weighted by atomic mass is 16.5. The molecule has 1 aromatic carbocycles. The zero-order valence-corrected chi connectivity index (χ0v) is 14.5. The molecule has 0 aliphatic heterocycles. The number of aromatic nitrogens is 2. The van der Waals surface area contributed by atoms with Crippen LogP contribution < -0.4 is 4.74 Å². The summed E-state index contributed by atoms with van der Waals surface area (Å²) >= 11 is 0. The molecule has 0 atom stereocenters. The lowest BCUT2D eigenvalue weighted by atomic mass is 10.2. The Bertz CT molecular complexity index is 706. The fourth-order valence-electron chi connectivity index (χ4n) is 2.19. The number of ether oxygens (including phenoxy) is 2. The molecule has 0 spiro atoms. The van der Waals surface area contributed by atoms with Crippen molar-refractivity contribution in [1.29, 1.82) is 0 Å². The van der Waals surface area contributed by atoms with Crippen LogP contribution in [0.5, 0.6) is 5.88 Å². The zero-order chi connectivity index (χ0) is 17.5. The molecule has 2 rings (SSSR count). The van der Waals surface area contributed by atoms with Crippen LogP contribution >= 0.6 is 0 Å². The molecular formula is C18H23N3O3. The lowest BCUT2D eigenvalue weighted by molar-refractivity contribution is -0.136. The van der Waals surface area contributed by atoms with Gasteiger partial charge in [0, 0.05) is 26.4 Å². The van der Waals surface area contributed by atoms with Crippen LogP contribution in [0.2, 0.25) is 0 Å². The predicted molar refractivity (Wildman–Crippen MR) is 93.0 cm³/mol. The second-order valence-corrected chi connectivity index (χ2v) is 5.28. The molecule has 6 nitrogen and oxygen atoms in total. The molecular weight excluding hydrogens is 306 g/mol. The average Bonchev–Trinajstić information content (AvgIpc) is 2.97. The van der Waals surface area contributed by atoms with Crippen molar-refractivity contribution in [2.24, 2.45) is 0 Å². The van der Waals surface area contributed by atoms with Crippen LogP contribution in [-0.4, -0.2) is 48.0 Å².